The Hall–Kier alpha value is -2.65. The van der Waals surface area contributed by atoms with Gasteiger partial charge in [0.15, 0.2) is 5.65 Å². The zero-order valence-corrected chi connectivity index (χ0v) is 16.6. The van der Waals surface area contributed by atoms with E-state index in [0.29, 0.717) is 47.3 Å². The lowest BCUT2D eigenvalue weighted by atomic mass is 10.00. The molecule has 28 heavy (non-hydrogen) atoms. The molecule has 1 aliphatic heterocycles. The Kier molecular flexibility index (Phi) is 5.45. The van der Waals surface area contributed by atoms with Crippen LogP contribution in [-0.2, 0) is 4.74 Å². The van der Waals surface area contributed by atoms with Crippen molar-refractivity contribution in [3.8, 4) is 11.6 Å². The van der Waals surface area contributed by atoms with Crippen molar-refractivity contribution in [1.82, 2.24) is 14.6 Å². The van der Waals surface area contributed by atoms with Gasteiger partial charge < -0.3 is 14.6 Å². The largest absolute Gasteiger partial charge is 0.465 e. The number of halogens is 1. The van der Waals surface area contributed by atoms with E-state index < -0.39 is 6.09 Å². The summed E-state index contributed by atoms with van der Waals surface area (Å²) in [5.41, 5.74) is 0.488. The van der Waals surface area contributed by atoms with Gasteiger partial charge >= 0.3 is 6.09 Å². The first-order chi connectivity index (χ1) is 13.6. The fourth-order valence-corrected chi connectivity index (χ4v) is 3.56. The standard InChI is InChI=1S/C19H19BrN4O4/c20-15-11-21-24-17(23(19(25)26)12-13-6-8-27-9-7-13)10-16(22-18(15)24)28-14-4-2-1-3-5-14/h1-5,10-11,13H,6-9,12H2,(H,25,26). The third kappa shape index (κ3) is 3.95. The monoisotopic (exact) mass is 446 g/mol. The molecule has 1 N–H and O–H groups in total. The van der Waals surface area contributed by atoms with Gasteiger partial charge in [-0.2, -0.15) is 14.6 Å². The number of fused-ring (bicyclic) bond motifs is 1. The van der Waals surface area contributed by atoms with Gasteiger partial charge in [0, 0.05) is 25.8 Å². The van der Waals surface area contributed by atoms with E-state index in [1.165, 1.54) is 9.42 Å². The van der Waals surface area contributed by atoms with E-state index in [1.54, 1.807) is 12.3 Å². The number of carbonyl (C=O) groups is 1. The predicted molar refractivity (Wildman–Crippen MR) is 106 cm³/mol. The third-order valence-corrected chi connectivity index (χ3v) is 5.20. The van der Waals surface area contributed by atoms with Crippen LogP contribution in [0.3, 0.4) is 0 Å². The van der Waals surface area contributed by atoms with Crippen LogP contribution < -0.4 is 9.64 Å². The Morgan fingerprint density at radius 3 is 2.79 bits per heavy atom. The number of hydrogen-bond donors (Lipinski definition) is 1. The van der Waals surface area contributed by atoms with Crippen molar-refractivity contribution in [2.75, 3.05) is 24.7 Å². The molecular weight excluding hydrogens is 428 g/mol. The van der Waals surface area contributed by atoms with Gasteiger partial charge in [0.25, 0.3) is 0 Å². The molecule has 3 aromatic rings. The lowest BCUT2D eigenvalue weighted by molar-refractivity contribution is 0.0680. The number of nitrogens with zero attached hydrogens (tertiary/aromatic N) is 4. The molecule has 0 aliphatic carbocycles. The lowest BCUT2D eigenvalue weighted by Crippen LogP contribution is -2.37. The molecule has 1 fully saturated rings. The van der Waals surface area contributed by atoms with Crippen LogP contribution in [0.5, 0.6) is 11.6 Å². The van der Waals surface area contributed by atoms with Gasteiger partial charge in [0.05, 0.1) is 10.7 Å². The molecule has 1 amide bonds. The van der Waals surface area contributed by atoms with Crippen LogP contribution in [0, 0.1) is 5.92 Å². The predicted octanol–water partition coefficient (Wildman–Crippen LogP) is 4.20. The third-order valence-electron chi connectivity index (χ3n) is 4.64. The van der Waals surface area contributed by atoms with E-state index in [9.17, 15) is 9.90 Å². The minimum atomic E-state index is -1.05. The molecule has 1 aromatic carbocycles. The van der Waals surface area contributed by atoms with E-state index in [-0.39, 0.29) is 5.92 Å². The summed E-state index contributed by atoms with van der Waals surface area (Å²) in [5, 5.41) is 14.2. The van der Waals surface area contributed by atoms with Crippen molar-refractivity contribution in [3.63, 3.8) is 0 Å². The Labute approximate surface area is 169 Å². The van der Waals surface area contributed by atoms with Crippen molar-refractivity contribution in [3.05, 3.63) is 47.1 Å². The smallest absolute Gasteiger partial charge is 0.413 e. The van der Waals surface area contributed by atoms with Gasteiger partial charge in [-0.25, -0.2) is 4.79 Å². The second-order valence-electron chi connectivity index (χ2n) is 6.54. The summed E-state index contributed by atoms with van der Waals surface area (Å²) in [7, 11) is 0. The Balaban J connectivity index is 1.73. The molecule has 0 spiro atoms. The van der Waals surface area contributed by atoms with Crippen LogP contribution in [0.1, 0.15) is 12.8 Å². The average Bonchev–Trinajstić information content (AvgIpc) is 3.08. The maximum absolute atomic E-state index is 12.1. The number of ether oxygens (including phenoxy) is 2. The number of amides is 1. The van der Waals surface area contributed by atoms with E-state index >= 15 is 0 Å². The molecule has 9 heteroatoms. The summed E-state index contributed by atoms with van der Waals surface area (Å²) < 4.78 is 13.4. The van der Waals surface area contributed by atoms with Gasteiger partial charge in [-0.3, -0.25) is 4.90 Å². The zero-order chi connectivity index (χ0) is 19.5. The first kappa shape index (κ1) is 18.7. The van der Waals surface area contributed by atoms with E-state index in [0.717, 1.165) is 12.8 Å². The molecule has 0 atom stereocenters. The number of rotatable bonds is 5. The number of hydrogen-bond acceptors (Lipinski definition) is 5. The second-order valence-corrected chi connectivity index (χ2v) is 7.40. The molecule has 8 nitrogen and oxygen atoms in total. The van der Waals surface area contributed by atoms with Crippen molar-refractivity contribution >= 4 is 33.5 Å². The summed E-state index contributed by atoms with van der Waals surface area (Å²) in [6, 6.07) is 10.8. The minimum absolute atomic E-state index is 0.227. The molecule has 2 aromatic heterocycles. The molecule has 1 aliphatic rings. The fraction of sp³-hybridized carbons (Fsp3) is 0.316. The van der Waals surface area contributed by atoms with Crippen molar-refractivity contribution < 1.29 is 19.4 Å². The quantitative estimate of drug-likeness (QED) is 0.631. The lowest BCUT2D eigenvalue weighted by Gasteiger charge is -2.28. The van der Waals surface area contributed by atoms with Crippen LogP contribution >= 0.6 is 15.9 Å². The Morgan fingerprint density at radius 2 is 2.07 bits per heavy atom. The molecule has 146 valence electrons. The van der Waals surface area contributed by atoms with Gasteiger partial charge in [-0.15, -0.1) is 0 Å². The highest BCUT2D eigenvalue weighted by molar-refractivity contribution is 9.10. The van der Waals surface area contributed by atoms with E-state index in [4.69, 9.17) is 9.47 Å². The number of benzene rings is 1. The maximum Gasteiger partial charge on any atom is 0.413 e. The fourth-order valence-electron chi connectivity index (χ4n) is 3.21. The van der Waals surface area contributed by atoms with Crippen LogP contribution in [0.2, 0.25) is 0 Å². The topological polar surface area (TPSA) is 89.2 Å². The SMILES string of the molecule is O=C(O)N(CC1CCOCC1)c1cc(Oc2ccccc2)nc2c(Br)cnn12. The molecule has 0 saturated carbocycles. The number of anilines is 1. The first-order valence-electron chi connectivity index (χ1n) is 8.97. The minimum Gasteiger partial charge on any atom is -0.465 e. The molecule has 0 radical (unpaired) electrons. The molecule has 3 heterocycles. The Morgan fingerprint density at radius 1 is 1.32 bits per heavy atom. The summed E-state index contributed by atoms with van der Waals surface area (Å²) >= 11 is 3.42. The molecule has 0 bridgehead atoms. The normalized spacial score (nSPS) is 14.9. The number of carboxylic acid groups (broad SMARTS) is 1. The van der Waals surface area contributed by atoms with Crippen LogP contribution in [-0.4, -0.2) is 45.6 Å². The molecule has 4 rings (SSSR count). The second kappa shape index (κ2) is 8.15. The zero-order valence-electron chi connectivity index (χ0n) is 15.0. The molecule has 0 unspecified atom stereocenters. The van der Waals surface area contributed by atoms with Gasteiger partial charge in [0.1, 0.15) is 11.6 Å². The van der Waals surface area contributed by atoms with Gasteiger partial charge in [0.2, 0.25) is 5.88 Å². The van der Waals surface area contributed by atoms with E-state index in [1.807, 2.05) is 30.3 Å². The number of aromatic nitrogens is 3. The van der Waals surface area contributed by atoms with Crippen molar-refractivity contribution in [2.45, 2.75) is 12.8 Å². The summed E-state index contributed by atoms with van der Waals surface area (Å²) in [6.45, 7) is 1.67. The summed E-state index contributed by atoms with van der Waals surface area (Å²) in [6.07, 6.45) is 2.20. The van der Waals surface area contributed by atoms with E-state index in [2.05, 4.69) is 26.0 Å². The summed E-state index contributed by atoms with van der Waals surface area (Å²) in [4.78, 5) is 17.9. The van der Waals surface area contributed by atoms with Crippen LogP contribution in [0.15, 0.2) is 47.1 Å². The molecule has 1 saturated heterocycles. The highest BCUT2D eigenvalue weighted by atomic mass is 79.9. The van der Waals surface area contributed by atoms with Crippen LogP contribution in [0.25, 0.3) is 5.65 Å². The van der Waals surface area contributed by atoms with Crippen molar-refractivity contribution in [2.24, 2.45) is 5.92 Å². The molecular formula is C19H19BrN4O4. The average molecular weight is 447 g/mol. The maximum atomic E-state index is 12.1. The van der Waals surface area contributed by atoms with Crippen LogP contribution in [0.4, 0.5) is 10.6 Å². The first-order valence-corrected chi connectivity index (χ1v) is 9.76. The number of para-hydroxylation sites is 1. The summed E-state index contributed by atoms with van der Waals surface area (Å²) in [5.74, 6) is 1.53. The van der Waals surface area contributed by atoms with Gasteiger partial charge in [-0.1, -0.05) is 18.2 Å². The highest BCUT2D eigenvalue weighted by Gasteiger charge is 2.26. The Bertz CT molecular complexity index is 973. The highest BCUT2D eigenvalue weighted by Crippen LogP contribution is 2.30. The van der Waals surface area contributed by atoms with Crippen molar-refractivity contribution in [1.29, 1.82) is 0 Å². The van der Waals surface area contributed by atoms with Gasteiger partial charge in [-0.05, 0) is 46.8 Å².